The summed E-state index contributed by atoms with van der Waals surface area (Å²) in [6, 6.07) is 7.87. The Labute approximate surface area is 118 Å². The number of nitrogens with one attached hydrogen (secondary N) is 1. The molecule has 0 atom stereocenters. The molecule has 0 saturated carbocycles. The standard InChI is InChI=1S/C14H16Cl2N2/c1-2-17-8-12-5-6-18(10-12)9-11-3-4-13(15)14(16)7-11/h3-7,10,17H,2,8-9H2,1H3. The highest BCUT2D eigenvalue weighted by atomic mass is 35.5. The van der Waals surface area contributed by atoms with Crippen molar-refractivity contribution in [2.75, 3.05) is 6.54 Å². The van der Waals surface area contributed by atoms with Crippen LogP contribution in [0.5, 0.6) is 0 Å². The molecule has 0 fully saturated rings. The van der Waals surface area contributed by atoms with E-state index in [0.29, 0.717) is 10.0 Å². The van der Waals surface area contributed by atoms with Crippen molar-refractivity contribution in [2.45, 2.75) is 20.0 Å². The molecule has 1 aromatic heterocycles. The van der Waals surface area contributed by atoms with Gasteiger partial charge in [0.2, 0.25) is 0 Å². The Morgan fingerprint density at radius 3 is 2.67 bits per heavy atom. The highest BCUT2D eigenvalue weighted by Gasteiger charge is 2.01. The van der Waals surface area contributed by atoms with Crippen LogP contribution in [0, 0.1) is 0 Å². The maximum atomic E-state index is 6.00. The van der Waals surface area contributed by atoms with Crippen molar-refractivity contribution in [1.29, 1.82) is 0 Å². The van der Waals surface area contributed by atoms with Crippen molar-refractivity contribution in [2.24, 2.45) is 0 Å². The van der Waals surface area contributed by atoms with Gasteiger partial charge >= 0.3 is 0 Å². The van der Waals surface area contributed by atoms with Crippen LogP contribution in [0.1, 0.15) is 18.1 Å². The topological polar surface area (TPSA) is 17.0 Å². The van der Waals surface area contributed by atoms with E-state index >= 15 is 0 Å². The van der Waals surface area contributed by atoms with E-state index in [1.54, 1.807) is 0 Å². The lowest BCUT2D eigenvalue weighted by atomic mass is 10.2. The molecule has 1 heterocycles. The molecule has 0 saturated heterocycles. The number of rotatable bonds is 5. The van der Waals surface area contributed by atoms with E-state index in [4.69, 9.17) is 23.2 Å². The Balaban J connectivity index is 2.04. The molecule has 2 rings (SSSR count). The highest BCUT2D eigenvalue weighted by molar-refractivity contribution is 6.42. The molecule has 1 N–H and O–H groups in total. The molecular weight excluding hydrogens is 267 g/mol. The van der Waals surface area contributed by atoms with E-state index in [1.165, 1.54) is 5.56 Å². The summed E-state index contributed by atoms with van der Waals surface area (Å²) in [4.78, 5) is 0. The maximum absolute atomic E-state index is 6.00. The second kappa shape index (κ2) is 6.28. The Morgan fingerprint density at radius 1 is 1.11 bits per heavy atom. The zero-order valence-electron chi connectivity index (χ0n) is 10.3. The van der Waals surface area contributed by atoms with Crippen LogP contribution in [0.15, 0.2) is 36.7 Å². The van der Waals surface area contributed by atoms with Crippen LogP contribution in [0.25, 0.3) is 0 Å². The van der Waals surface area contributed by atoms with Gasteiger partial charge in [-0.3, -0.25) is 0 Å². The SMILES string of the molecule is CCNCc1ccn(Cc2ccc(Cl)c(Cl)c2)c1. The number of aromatic nitrogens is 1. The molecular formula is C14H16Cl2N2. The summed E-state index contributed by atoms with van der Waals surface area (Å²) in [5, 5.41) is 4.51. The summed E-state index contributed by atoms with van der Waals surface area (Å²) in [7, 11) is 0. The average Bonchev–Trinajstić information content (AvgIpc) is 2.79. The van der Waals surface area contributed by atoms with E-state index in [0.717, 1.165) is 25.2 Å². The zero-order chi connectivity index (χ0) is 13.0. The van der Waals surface area contributed by atoms with Crippen molar-refractivity contribution >= 4 is 23.2 Å². The molecule has 0 amide bonds. The van der Waals surface area contributed by atoms with Gasteiger partial charge in [-0.1, -0.05) is 36.2 Å². The number of benzene rings is 1. The highest BCUT2D eigenvalue weighted by Crippen LogP contribution is 2.23. The zero-order valence-corrected chi connectivity index (χ0v) is 11.8. The third-order valence-corrected chi connectivity index (χ3v) is 3.48. The second-order valence-electron chi connectivity index (χ2n) is 4.22. The third kappa shape index (κ3) is 3.52. The predicted molar refractivity (Wildman–Crippen MR) is 77.4 cm³/mol. The van der Waals surface area contributed by atoms with Gasteiger partial charge in [0.1, 0.15) is 0 Å². The van der Waals surface area contributed by atoms with Crippen molar-refractivity contribution in [3.8, 4) is 0 Å². The first-order valence-electron chi connectivity index (χ1n) is 5.98. The van der Waals surface area contributed by atoms with Crippen molar-refractivity contribution in [3.63, 3.8) is 0 Å². The molecule has 0 aliphatic carbocycles. The number of hydrogen-bond donors (Lipinski definition) is 1. The Kier molecular flexibility index (Phi) is 4.70. The van der Waals surface area contributed by atoms with Gasteiger partial charge in [0.15, 0.2) is 0 Å². The fourth-order valence-electron chi connectivity index (χ4n) is 1.81. The molecule has 0 spiro atoms. The van der Waals surface area contributed by atoms with Gasteiger partial charge in [-0.2, -0.15) is 0 Å². The molecule has 2 aromatic rings. The predicted octanol–water partition coefficient (Wildman–Crippen LogP) is 3.95. The van der Waals surface area contributed by atoms with Crippen LogP contribution >= 0.6 is 23.2 Å². The lowest BCUT2D eigenvalue weighted by molar-refractivity contribution is 0.721. The van der Waals surface area contributed by atoms with Gasteiger partial charge in [-0.15, -0.1) is 0 Å². The Bertz CT molecular complexity index is 520. The Hall–Kier alpha value is -0.960. The molecule has 96 valence electrons. The summed E-state index contributed by atoms with van der Waals surface area (Å²) in [6.45, 7) is 4.80. The summed E-state index contributed by atoms with van der Waals surface area (Å²) in [6.07, 6.45) is 4.22. The number of hydrogen-bond acceptors (Lipinski definition) is 1. The summed E-state index contributed by atoms with van der Waals surface area (Å²) >= 11 is 11.9. The Morgan fingerprint density at radius 2 is 1.94 bits per heavy atom. The molecule has 4 heteroatoms. The molecule has 18 heavy (non-hydrogen) atoms. The molecule has 0 aliphatic heterocycles. The minimum atomic E-state index is 0.598. The summed E-state index contributed by atoms with van der Waals surface area (Å²) in [5.41, 5.74) is 2.44. The van der Waals surface area contributed by atoms with E-state index in [-0.39, 0.29) is 0 Å². The maximum Gasteiger partial charge on any atom is 0.0595 e. The van der Waals surface area contributed by atoms with Crippen LogP contribution in [0.3, 0.4) is 0 Å². The largest absolute Gasteiger partial charge is 0.350 e. The molecule has 0 radical (unpaired) electrons. The minimum absolute atomic E-state index is 0.598. The van der Waals surface area contributed by atoms with Crippen LogP contribution < -0.4 is 5.32 Å². The van der Waals surface area contributed by atoms with Gasteiger partial charge in [-0.05, 0) is 35.9 Å². The van der Waals surface area contributed by atoms with E-state index < -0.39 is 0 Å². The molecule has 0 aliphatic rings. The van der Waals surface area contributed by atoms with Gasteiger partial charge in [0.25, 0.3) is 0 Å². The fraction of sp³-hybridized carbons (Fsp3) is 0.286. The van der Waals surface area contributed by atoms with Crippen LogP contribution in [0.2, 0.25) is 10.0 Å². The van der Waals surface area contributed by atoms with E-state index in [9.17, 15) is 0 Å². The van der Waals surface area contributed by atoms with Crippen molar-refractivity contribution < 1.29 is 0 Å². The van der Waals surface area contributed by atoms with Crippen LogP contribution in [-0.4, -0.2) is 11.1 Å². The van der Waals surface area contributed by atoms with Gasteiger partial charge < -0.3 is 9.88 Å². The molecule has 1 aromatic carbocycles. The second-order valence-corrected chi connectivity index (χ2v) is 5.04. The fourth-order valence-corrected chi connectivity index (χ4v) is 2.13. The van der Waals surface area contributed by atoms with Crippen LogP contribution in [-0.2, 0) is 13.1 Å². The lowest BCUT2D eigenvalue weighted by Crippen LogP contribution is -2.11. The monoisotopic (exact) mass is 282 g/mol. The minimum Gasteiger partial charge on any atom is -0.350 e. The smallest absolute Gasteiger partial charge is 0.0595 e. The van der Waals surface area contributed by atoms with Gasteiger partial charge in [-0.25, -0.2) is 0 Å². The summed E-state index contributed by atoms with van der Waals surface area (Å²) in [5.74, 6) is 0. The molecule has 0 bridgehead atoms. The van der Waals surface area contributed by atoms with E-state index in [1.807, 2.05) is 18.2 Å². The first kappa shape index (κ1) is 13.5. The average molecular weight is 283 g/mol. The van der Waals surface area contributed by atoms with E-state index in [2.05, 4.69) is 35.3 Å². The molecule has 0 unspecified atom stereocenters. The normalized spacial score (nSPS) is 10.8. The van der Waals surface area contributed by atoms with Crippen molar-refractivity contribution in [1.82, 2.24) is 9.88 Å². The third-order valence-electron chi connectivity index (χ3n) is 2.74. The van der Waals surface area contributed by atoms with Crippen LogP contribution in [0.4, 0.5) is 0 Å². The number of nitrogens with zero attached hydrogens (tertiary/aromatic N) is 1. The first-order chi connectivity index (χ1) is 8.69. The van der Waals surface area contributed by atoms with Crippen molar-refractivity contribution in [3.05, 3.63) is 57.8 Å². The summed E-state index contributed by atoms with van der Waals surface area (Å²) < 4.78 is 2.15. The molecule has 2 nitrogen and oxygen atoms in total. The lowest BCUT2D eigenvalue weighted by Gasteiger charge is -2.05. The first-order valence-corrected chi connectivity index (χ1v) is 6.74. The number of halogens is 2. The van der Waals surface area contributed by atoms with Gasteiger partial charge in [0, 0.05) is 25.5 Å². The quantitative estimate of drug-likeness (QED) is 0.879. The van der Waals surface area contributed by atoms with Gasteiger partial charge in [0.05, 0.1) is 10.0 Å².